The molecule has 0 saturated carbocycles. The number of carbonyl (C=O) groups is 1. The second-order valence-corrected chi connectivity index (χ2v) is 6.58. The maximum Gasteiger partial charge on any atom is 0.258 e. The smallest absolute Gasteiger partial charge is 0.258 e. The number of hydrogen-bond donors (Lipinski definition) is 2. The number of benzene rings is 1. The molecule has 0 aliphatic heterocycles. The Hall–Kier alpha value is -1.52. The molecule has 0 atom stereocenters. The van der Waals surface area contributed by atoms with Gasteiger partial charge in [0.2, 0.25) is 0 Å². The first-order valence-corrected chi connectivity index (χ1v) is 7.73. The van der Waals surface area contributed by atoms with Gasteiger partial charge in [0.05, 0.1) is 10.6 Å². The van der Waals surface area contributed by atoms with E-state index in [-0.39, 0.29) is 5.91 Å². The van der Waals surface area contributed by atoms with Gasteiger partial charge in [-0.25, -0.2) is 0 Å². The minimum absolute atomic E-state index is 0.118. The van der Waals surface area contributed by atoms with Crippen molar-refractivity contribution in [1.82, 2.24) is 0 Å². The largest absolute Gasteiger partial charge is 0.390 e. The van der Waals surface area contributed by atoms with E-state index in [1.807, 2.05) is 19.1 Å². The third-order valence-corrected chi connectivity index (χ3v) is 4.97. The molecular weight excluding hydrogens is 292 g/mol. The fourth-order valence-electron chi connectivity index (χ4n) is 2.63. The van der Waals surface area contributed by atoms with Crippen LogP contribution in [0.15, 0.2) is 18.2 Å². The van der Waals surface area contributed by atoms with Crippen molar-refractivity contribution in [3.05, 3.63) is 44.8 Å². The maximum atomic E-state index is 12.5. The second-order valence-electron chi connectivity index (χ2n) is 5.01. The molecule has 20 heavy (non-hydrogen) atoms. The van der Waals surface area contributed by atoms with E-state index in [2.05, 4.69) is 5.32 Å². The van der Waals surface area contributed by atoms with E-state index in [0.717, 1.165) is 36.1 Å². The molecule has 1 aromatic heterocycles. The quantitative estimate of drug-likeness (QED) is 0.880. The number of anilines is 2. The number of halogens is 1. The SMILES string of the molecule is Cc1cc(Cl)ccc1NC(=O)c1c(N)sc2c1CCC2. The lowest BCUT2D eigenvalue weighted by atomic mass is 10.1. The molecule has 1 aliphatic carbocycles. The Morgan fingerprint density at radius 2 is 2.20 bits per heavy atom. The highest BCUT2D eigenvalue weighted by Crippen LogP contribution is 2.37. The lowest BCUT2D eigenvalue weighted by molar-refractivity contribution is 0.102. The van der Waals surface area contributed by atoms with Crippen LogP contribution in [0.4, 0.5) is 10.7 Å². The van der Waals surface area contributed by atoms with Crippen LogP contribution >= 0.6 is 22.9 Å². The number of nitrogen functional groups attached to an aromatic ring is 1. The van der Waals surface area contributed by atoms with Crippen LogP contribution in [-0.2, 0) is 12.8 Å². The Morgan fingerprint density at radius 3 is 2.95 bits per heavy atom. The lowest BCUT2D eigenvalue weighted by Gasteiger charge is -2.09. The van der Waals surface area contributed by atoms with Gasteiger partial charge in [-0.2, -0.15) is 0 Å². The van der Waals surface area contributed by atoms with Crippen LogP contribution in [0.1, 0.15) is 32.8 Å². The van der Waals surface area contributed by atoms with Gasteiger partial charge in [-0.3, -0.25) is 4.79 Å². The summed E-state index contributed by atoms with van der Waals surface area (Å²) in [7, 11) is 0. The lowest BCUT2D eigenvalue weighted by Crippen LogP contribution is -2.15. The van der Waals surface area contributed by atoms with Gasteiger partial charge in [0, 0.05) is 15.6 Å². The summed E-state index contributed by atoms with van der Waals surface area (Å²) in [6.45, 7) is 1.92. The van der Waals surface area contributed by atoms with Gasteiger partial charge >= 0.3 is 0 Å². The molecule has 0 spiro atoms. The Bertz CT molecular complexity index is 693. The molecule has 0 bridgehead atoms. The standard InChI is InChI=1S/C15H15ClN2OS/c1-8-7-9(16)5-6-11(8)18-15(19)13-10-3-2-4-12(10)20-14(13)17/h5-7H,2-4,17H2,1H3,(H,18,19). The summed E-state index contributed by atoms with van der Waals surface area (Å²) in [6.07, 6.45) is 3.10. The Kier molecular flexibility index (Phi) is 3.44. The molecule has 2 aromatic rings. The number of hydrogen-bond acceptors (Lipinski definition) is 3. The number of thiophene rings is 1. The second kappa shape index (κ2) is 5.11. The van der Waals surface area contributed by atoms with Crippen LogP contribution in [0, 0.1) is 6.92 Å². The topological polar surface area (TPSA) is 55.1 Å². The zero-order chi connectivity index (χ0) is 14.3. The first-order chi connectivity index (χ1) is 9.56. The van der Waals surface area contributed by atoms with Crippen molar-refractivity contribution in [3.8, 4) is 0 Å². The minimum Gasteiger partial charge on any atom is -0.390 e. The predicted octanol–water partition coefficient (Wildman–Crippen LogP) is 4.03. The molecule has 1 amide bonds. The summed E-state index contributed by atoms with van der Waals surface area (Å²) >= 11 is 7.47. The number of rotatable bonds is 2. The van der Waals surface area contributed by atoms with Crippen molar-refractivity contribution < 1.29 is 4.79 Å². The van der Waals surface area contributed by atoms with Crippen molar-refractivity contribution in [3.63, 3.8) is 0 Å². The van der Waals surface area contributed by atoms with E-state index in [0.29, 0.717) is 15.6 Å². The van der Waals surface area contributed by atoms with E-state index >= 15 is 0 Å². The Balaban J connectivity index is 1.90. The number of amides is 1. The van der Waals surface area contributed by atoms with Crippen LogP contribution < -0.4 is 11.1 Å². The molecule has 0 unspecified atom stereocenters. The summed E-state index contributed by atoms with van der Waals surface area (Å²) < 4.78 is 0. The third-order valence-electron chi connectivity index (χ3n) is 3.61. The van der Waals surface area contributed by atoms with Crippen LogP contribution in [0.25, 0.3) is 0 Å². The zero-order valence-electron chi connectivity index (χ0n) is 11.1. The van der Waals surface area contributed by atoms with Crippen molar-refractivity contribution in [2.45, 2.75) is 26.2 Å². The first-order valence-electron chi connectivity index (χ1n) is 6.54. The zero-order valence-corrected chi connectivity index (χ0v) is 12.7. The van der Waals surface area contributed by atoms with E-state index in [1.54, 1.807) is 17.4 Å². The van der Waals surface area contributed by atoms with Gasteiger partial charge in [-0.05, 0) is 55.5 Å². The van der Waals surface area contributed by atoms with E-state index in [4.69, 9.17) is 17.3 Å². The van der Waals surface area contributed by atoms with Crippen LogP contribution in [0.3, 0.4) is 0 Å². The average molecular weight is 307 g/mol. The average Bonchev–Trinajstić information content (AvgIpc) is 2.92. The summed E-state index contributed by atoms with van der Waals surface area (Å²) in [5.74, 6) is -0.118. The van der Waals surface area contributed by atoms with Crippen LogP contribution in [0.2, 0.25) is 5.02 Å². The molecule has 1 aromatic carbocycles. The van der Waals surface area contributed by atoms with Gasteiger partial charge in [0.15, 0.2) is 0 Å². The number of nitrogens with one attached hydrogen (secondary N) is 1. The highest BCUT2D eigenvalue weighted by molar-refractivity contribution is 7.16. The molecule has 3 N–H and O–H groups in total. The summed E-state index contributed by atoms with van der Waals surface area (Å²) in [5.41, 5.74) is 9.52. The van der Waals surface area contributed by atoms with Crippen molar-refractivity contribution >= 4 is 39.5 Å². The number of aryl methyl sites for hydroxylation is 2. The summed E-state index contributed by atoms with van der Waals surface area (Å²) in [5, 5.41) is 4.23. The normalized spacial score (nSPS) is 13.3. The fraction of sp³-hybridized carbons (Fsp3) is 0.267. The van der Waals surface area contributed by atoms with E-state index in [9.17, 15) is 4.79 Å². The summed E-state index contributed by atoms with van der Waals surface area (Å²) in [6, 6.07) is 5.42. The molecule has 1 heterocycles. The molecule has 5 heteroatoms. The van der Waals surface area contributed by atoms with Gasteiger partial charge in [0.1, 0.15) is 0 Å². The van der Waals surface area contributed by atoms with E-state index < -0.39 is 0 Å². The van der Waals surface area contributed by atoms with Crippen LogP contribution in [-0.4, -0.2) is 5.91 Å². The minimum atomic E-state index is -0.118. The van der Waals surface area contributed by atoms with Gasteiger partial charge in [0.25, 0.3) is 5.91 Å². The highest BCUT2D eigenvalue weighted by Gasteiger charge is 2.25. The molecule has 3 nitrogen and oxygen atoms in total. The molecular formula is C15H15ClN2OS. The van der Waals surface area contributed by atoms with Crippen molar-refractivity contribution in [2.75, 3.05) is 11.1 Å². The van der Waals surface area contributed by atoms with Crippen molar-refractivity contribution in [1.29, 1.82) is 0 Å². The number of carbonyl (C=O) groups excluding carboxylic acids is 1. The monoisotopic (exact) mass is 306 g/mol. The van der Waals surface area contributed by atoms with Gasteiger partial charge < -0.3 is 11.1 Å². The highest BCUT2D eigenvalue weighted by atomic mass is 35.5. The third kappa shape index (κ3) is 2.30. The summed E-state index contributed by atoms with van der Waals surface area (Å²) in [4.78, 5) is 13.7. The molecule has 104 valence electrons. The predicted molar refractivity (Wildman–Crippen MR) is 84.9 cm³/mol. The maximum absolute atomic E-state index is 12.5. The Labute approximate surface area is 126 Å². The molecule has 0 radical (unpaired) electrons. The van der Waals surface area contributed by atoms with Crippen molar-refractivity contribution in [2.24, 2.45) is 0 Å². The Morgan fingerprint density at radius 1 is 1.40 bits per heavy atom. The number of fused-ring (bicyclic) bond motifs is 1. The molecule has 0 saturated heterocycles. The first kappa shape index (κ1) is 13.5. The molecule has 0 fully saturated rings. The molecule has 1 aliphatic rings. The van der Waals surface area contributed by atoms with Gasteiger partial charge in [-0.1, -0.05) is 11.6 Å². The van der Waals surface area contributed by atoms with Crippen LogP contribution in [0.5, 0.6) is 0 Å². The van der Waals surface area contributed by atoms with Gasteiger partial charge in [-0.15, -0.1) is 11.3 Å². The number of nitrogens with two attached hydrogens (primary N) is 1. The fourth-order valence-corrected chi connectivity index (χ4v) is 4.01. The van der Waals surface area contributed by atoms with E-state index in [1.165, 1.54) is 4.88 Å². The molecule has 3 rings (SSSR count).